The molecule has 106 valence electrons. The Hall–Kier alpha value is -1.65. The number of halogens is 2. The molecule has 0 saturated heterocycles. The van der Waals surface area contributed by atoms with Gasteiger partial charge in [-0.25, -0.2) is 13.6 Å². The van der Waals surface area contributed by atoms with Crippen LogP contribution in [0.25, 0.3) is 0 Å². The Bertz CT molecular complexity index is 467. The SMILES string of the molecule is COC(=O)c1ccc(NCCC(C)(C)C)c(F)c1F. The monoisotopic (exact) mass is 271 g/mol. The lowest BCUT2D eigenvalue weighted by molar-refractivity contribution is 0.0594. The molecule has 5 heteroatoms. The molecule has 1 rings (SSSR count). The standard InChI is InChI=1S/C14H19F2NO2/c1-14(2,3)7-8-17-10-6-5-9(13(18)19-4)11(15)12(10)16/h5-6,17H,7-8H2,1-4H3. The molecule has 0 bridgehead atoms. The Balaban J connectivity index is 2.82. The van der Waals surface area contributed by atoms with E-state index in [1.807, 2.05) is 0 Å². The highest BCUT2D eigenvalue weighted by molar-refractivity contribution is 5.90. The molecule has 0 aliphatic rings. The summed E-state index contributed by atoms with van der Waals surface area (Å²) >= 11 is 0. The van der Waals surface area contributed by atoms with Gasteiger partial charge in [0, 0.05) is 6.54 Å². The number of carbonyl (C=O) groups excluding carboxylic acids is 1. The molecule has 0 radical (unpaired) electrons. The molecule has 0 atom stereocenters. The third kappa shape index (κ3) is 4.19. The molecule has 0 saturated carbocycles. The van der Waals surface area contributed by atoms with Crippen molar-refractivity contribution >= 4 is 11.7 Å². The molecule has 19 heavy (non-hydrogen) atoms. The van der Waals surface area contributed by atoms with E-state index in [0.717, 1.165) is 13.5 Å². The number of carbonyl (C=O) groups is 1. The van der Waals surface area contributed by atoms with E-state index >= 15 is 0 Å². The maximum Gasteiger partial charge on any atom is 0.340 e. The highest BCUT2D eigenvalue weighted by Gasteiger charge is 2.19. The van der Waals surface area contributed by atoms with Gasteiger partial charge in [0.25, 0.3) is 0 Å². The first-order valence-corrected chi connectivity index (χ1v) is 6.06. The lowest BCUT2D eigenvalue weighted by Crippen LogP contribution is -2.14. The van der Waals surface area contributed by atoms with Crippen molar-refractivity contribution in [2.45, 2.75) is 27.2 Å². The number of hydrogen-bond donors (Lipinski definition) is 1. The number of nitrogens with one attached hydrogen (secondary N) is 1. The summed E-state index contributed by atoms with van der Waals surface area (Å²) < 4.78 is 31.8. The molecule has 1 N–H and O–H groups in total. The predicted octanol–water partition coefficient (Wildman–Crippen LogP) is 3.60. The lowest BCUT2D eigenvalue weighted by atomic mass is 9.92. The molecule has 0 spiro atoms. The number of rotatable bonds is 4. The summed E-state index contributed by atoms with van der Waals surface area (Å²) in [4.78, 5) is 11.2. The van der Waals surface area contributed by atoms with Gasteiger partial charge in [0.15, 0.2) is 11.6 Å². The minimum absolute atomic E-state index is 0.0504. The van der Waals surface area contributed by atoms with Gasteiger partial charge >= 0.3 is 5.97 Å². The molecule has 0 fully saturated rings. The van der Waals surface area contributed by atoms with Crippen molar-refractivity contribution < 1.29 is 18.3 Å². The van der Waals surface area contributed by atoms with Crippen molar-refractivity contribution in [3.8, 4) is 0 Å². The fraction of sp³-hybridized carbons (Fsp3) is 0.500. The Morgan fingerprint density at radius 2 is 1.89 bits per heavy atom. The van der Waals surface area contributed by atoms with Crippen molar-refractivity contribution in [2.75, 3.05) is 19.0 Å². The van der Waals surface area contributed by atoms with Crippen LogP contribution in [0.4, 0.5) is 14.5 Å². The minimum Gasteiger partial charge on any atom is -0.465 e. The second-order valence-electron chi connectivity index (χ2n) is 5.52. The van der Waals surface area contributed by atoms with Crippen molar-refractivity contribution in [1.82, 2.24) is 0 Å². The van der Waals surface area contributed by atoms with E-state index in [4.69, 9.17) is 0 Å². The molecule has 1 aromatic carbocycles. The van der Waals surface area contributed by atoms with E-state index in [1.165, 1.54) is 12.1 Å². The minimum atomic E-state index is -1.19. The molecule has 0 unspecified atom stereocenters. The van der Waals surface area contributed by atoms with Gasteiger partial charge in [-0.1, -0.05) is 20.8 Å². The third-order valence-corrected chi connectivity index (χ3v) is 2.68. The predicted molar refractivity (Wildman–Crippen MR) is 70.3 cm³/mol. The van der Waals surface area contributed by atoms with Crippen LogP contribution < -0.4 is 5.32 Å². The van der Waals surface area contributed by atoms with Crippen LogP contribution in [0.2, 0.25) is 0 Å². The Morgan fingerprint density at radius 3 is 2.42 bits per heavy atom. The number of ether oxygens (including phenoxy) is 1. The average Bonchev–Trinajstić information content (AvgIpc) is 2.32. The van der Waals surface area contributed by atoms with Gasteiger partial charge in [-0.05, 0) is 24.0 Å². The van der Waals surface area contributed by atoms with E-state index in [1.54, 1.807) is 0 Å². The summed E-state index contributed by atoms with van der Waals surface area (Å²) in [5, 5.41) is 2.83. The number of anilines is 1. The summed E-state index contributed by atoms with van der Waals surface area (Å²) in [6, 6.07) is 2.55. The topological polar surface area (TPSA) is 38.3 Å². The van der Waals surface area contributed by atoms with Crippen LogP contribution in [-0.4, -0.2) is 19.6 Å². The van der Waals surface area contributed by atoms with Crippen LogP contribution in [0.15, 0.2) is 12.1 Å². The van der Waals surface area contributed by atoms with Crippen molar-refractivity contribution in [1.29, 1.82) is 0 Å². The van der Waals surface area contributed by atoms with E-state index in [0.29, 0.717) is 6.54 Å². The highest BCUT2D eigenvalue weighted by atomic mass is 19.2. The van der Waals surface area contributed by atoms with E-state index < -0.39 is 23.2 Å². The highest BCUT2D eigenvalue weighted by Crippen LogP contribution is 2.23. The molecule has 0 heterocycles. The first-order chi connectivity index (χ1) is 8.76. The molecule has 3 nitrogen and oxygen atoms in total. The van der Waals surface area contributed by atoms with E-state index in [9.17, 15) is 13.6 Å². The van der Waals surface area contributed by atoms with Crippen LogP contribution in [0, 0.1) is 17.0 Å². The Kier molecular flexibility index (Phi) is 4.86. The summed E-state index contributed by atoms with van der Waals surface area (Å²) in [7, 11) is 1.12. The van der Waals surface area contributed by atoms with Crippen LogP contribution in [0.5, 0.6) is 0 Å². The van der Waals surface area contributed by atoms with Crippen LogP contribution in [0.3, 0.4) is 0 Å². The van der Waals surface area contributed by atoms with Crippen molar-refractivity contribution in [3.63, 3.8) is 0 Å². The van der Waals surface area contributed by atoms with Crippen molar-refractivity contribution in [3.05, 3.63) is 29.3 Å². The first-order valence-electron chi connectivity index (χ1n) is 6.06. The summed E-state index contributed by atoms with van der Waals surface area (Å²) in [6.07, 6.45) is 0.812. The summed E-state index contributed by atoms with van der Waals surface area (Å²) in [5.41, 5.74) is -0.246. The van der Waals surface area contributed by atoms with Gasteiger partial charge in [0.1, 0.15) is 0 Å². The second kappa shape index (κ2) is 5.99. The molecule has 0 aromatic heterocycles. The maximum absolute atomic E-state index is 13.7. The van der Waals surface area contributed by atoms with Crippen LogP contribution in [-0.2, 0) is 4.74 Å². The molecular formula is C14H19F2NO2. The zero-order chi connectivity index (χ0) is 14.6. The van der Waals surface area contributed by atoms with Crippen LogP contribution >= 0.6 is 0 Å². The van der Waals surface area contributed by atoms with Crippen LogP contribution in [0.1, 0.15) is 37.6 Å². The zero-order valence-electron chi connectivity index (χ0n) is 11.6. The largest absolute Gasteiger partial charge is 0.465 e. The zero-order valence-corrected chi connectivity index (χ0v) is 11.6. The molecular weight excluding hydrogens is 252 g/mol. The van der Waals surface area contributed by atoms with Gasteiger partial charge in [0.2, 0.25) is 0 Å². The second-order valence-corrected chi connectivity index (χ2v) is 5.52. The normalized spacial score (nSPS) is 11.3. The molecule has 1 aromatic rings. The molecule has 0 aliphatic carbocycles. The van der Waals surface area contributed by atoms with Gasteiger partial charge in [0.05, 0.1) is 18.4 Å². The maximum atomic E-state index is 13.7. The molecule has 0 amide bonds. The Morgan fingerprint density at radius 1 is 1.26 bits per heavy atom. The van der Waals surface area contributed by atoms with Gasteiger partial charge in [-0.2, -0.15) is 0 Å². The average molecular weight is 271 g/mol. The number of methoxy groups -OCH3 is 1. The molecule has 0 aliphatic heterocycles. The van der Waals surface area contributed by atoms with Gasteiger partial charge in [-0.3, -0.25) is 0 Å². The summed E-state index contributed by atoms with van der Waals surface area (Å²) in [6.45, 7) is 6.71. The Labute approximate surface area is 112 Å². The number of esters is 1. The van der Waals surface area contributed by atoms with E-state index in [-0.39, 0.29) is 11.1 Å². The number of hydrogen-bond acceptors (Lipinski definition) is 3. The summed E-state index contributed by atoms with van der Waals surface area (Å²) in [5.74, 6) is -3.14. The van der Waals surface area contributed by atoms with Gasteiger partial charge < -0.3 is 10.1 Å². The number of benzene rings is 1. The first kappa shape index (κ1) is 15.4. The third-order valence-electron chi connectivity index (χ3n) is 2.68. The van der Waals surface area contributed by atoms with Crippen molar-refractivity contribution in [2.24, 2.45) is 5.41 Å². The van der Waals surface area contributed by atoms with E-state index in [2.05, 4.69) is 30.8 Å². The smallest absolute Gasteiger partial charge is 0.340 e. The fourth-order valence-electron chi connectivity index (χ4n) is 1.53. The quantitative estimate of drug-likeness (QED) is 0.850. The fourth-order valence-corrected chi connectivity index (χ4v) is 1.53. The van der Waals surface area contributed by atoms with Gasteiger partial charge in [-0.15, -0.1) is 0 Å². The lowest BCUT2D eigenvalue weighted by Gasteiger charge is -2.19.